The first-order valence-corrected chi connectivity index (χ1v) is 9.06. The zero-order chi connectivity index (χ0) is 21.7. The predicted molar refractivity (Wildman–Crippen MR) is 109 cm³/mol. The number of carbonyl (C=O) groups excluding carboxylic acids is 3. The molecular weight excluding hydrogens is 390 g/mol. The van der Waals surface area contributed by atoms with Crippen molar-refractivity contribution in [1.29, 1.82) is 0 Å². The smallest absolute Gasteiger partial charge is 0.277 e. The summed E-state index contributed by atoms with van der Waals surface area (Å²) in [6.07, 6.45) is 1.14. The third-order valence-corrected chi connectivity index (χ3v) is 4.42. The number of benzene rings is 2. The van der Waals surface area contributed by atoms with Crippen LogP contribution in [-0.4, -0.2) is 55.1 Å². The summed E-state index contributed by atoms with van der Waals surface area (Å²) in [4.78, 5) is 38.0. The summed E-state index contributed by atoms with van der Waals surface area (Å²) in [7, 11) is 3.01. The molecular formula is C21H21N3O6. The van der Waals surface area contributed by atoms with Gasteiger partial charge in [-0.05, 0) is 24.3 Å². The third kappa shape index (κ3) is 4.26. The number of anilines is 2. The molecule has 1 heterocycles. The van der Waals surface area contributed by atoms with Crippen LogP contribution in [0.2, 0.25) is 0 Å². The lowest BCUT2D eigenvalue weighted by atomic mass is 10.1. The van der Waals surface area contributed by atoms with Crippen LogP contribution in [0.25, 0.3) is 0 Å². The first-order chi connectivity index (χ1) is 14.5. The first-order valence-electron chi connectivity index (χ1n) is 9.06. The van der Waals surface area contributed by atoms with Crippen LogP contribution in [0.1, 0.15) is 10.4 Å². The van der Waals surface area contributed by atoms with E-state index in [4.69, 9.17) is 14.6 Å². The second-order valence-electron chi connectivity index (χ2n) is 6.27. The number of carbonyl (C=O) groups is 3. The third-order valence-electron chi connectivity index (χ3n) is 4.42. The highest BCUT2D eigenvalue weighted by molar-refractivity contribution is 6.18. The molecule has 9 nitrogen and oxygen atoms in total. The van der Waals surface area contributed by atoms with Crippen molar-refractivity contribution >= 4 is 29.1 Å². The molecule has 0 bridgehead atoms. The summed E-state index contributed by atoms with van der Waals surface area (Å²) < 4.78 is 10.4. The number of para-hydroxylation sites is 1. The Kier molecular flexibility index (Phi) is 6.33. The number of amides is 3. The van der Waals surface area contributed by atoms with Crippen molar-refractivity contribution in [3.63, 3.8) is 0 Å². The Bertz CT molecular complexity index is 1020. The molecule has 0 saturated carbocycles. The van der Waals surface area contributed by atoms with Crippen molar-refractivity contribution in [2.45, 2.75) is 0 Å². The normalized spacial score (nSPS) is 13.2. The van der Waals surface area contributed by atoms with Crippen LogP contribution in [0.5, 0.6) is 11.5 Å². The zero-order valence-corrected chi connectivity index (χ0v) is 16.5. The molecule has 0 spiro atoms. The molecule has 0 radical (unpaired) electrons. The lowest BCUT2D eigenvalue weighted by molar-refractivity contribution is -0.137. The van der Waals surface area contributed by atoms with Gasteiger partial charge in [0.15, 0.2) is 11.5 Å². The molecule has 3 rings (SSSR count). The maximum atomic E-state index is 12.8. The number of imide groups is 1. The van der Waals surface area contributed by atoms with Crippen molar-refractivity contribution in [2.75, 3.05) is 38.0 Å². The van der Waals surface area contributed by atoms with E-state index in [1.807, 2.05) is 0 Å². The molecule has 3 N–H and O–H groups in total. The number of aliphatic hydroxyl groups excluding tert-OH is 1. The Morgan fingerprint density at radius 2 is 1.80 bits per heavy atom. The Labute approximate surface area is 172 Å². The fourth-order valence-corrected chi connectivity index (χ4v) is 2.96. The lowest BCUT2D eigenvalue weighted by Crippen LogP contribution is -2.34. The van der Waals surface area contributed by atoms with Gasteiger partial charge in [-0.3, -0.25) is 19.3 Å². The molecule has 1 aliphatic rings. The topological polar surface area (TPSA) is 117 Å². The molecule has 0 atom stereocenters. The number of hydrogen-bond donors (Lipinski definition) is 3. The van der Waals surface area contributed by atoms with E-state index in [-0.39, 0.29) is 24.4 Å². The highest BCUT2D eigenvalue weighted by atomic mass is 16.5. The van der Waals surface area contributed by atoms with Gasteiger partial charge in [-0.25, -0.2) is 0 Å². The average molecular weight is 411 g/mol. The van der Waals surface area contributed by atoms with Crippen LogP contribution >= 0.6 is 0 Å². The van der Waals surface area contributed by atoms with Gasteiger partial charge in [0.05, 0.1) is 38.6 Å². The Hall–Kier alpha value is -3.85. The molecule has 1 aliphatic heterocycles. The molecule has 0 fully saturated rings. The molecule has 0 saturated heterocycles. The predicted octanol–water partition coefficient (Wildman–Crippen LogP) is 1.61. The number of hydrogen-bond acceptors (Lipinski definition) is 7. The minimum absolute atomic E-state index is 0.0276. The minimum atomic E-state index is -0.566. The number of β-amino-alcohol motifs (C(OH)–C–C–N with tert-alkyl or cyclic N) is 1. The van der Waals surface area contributed by atoms with Gasteiger partial charge in [0.2, 0.25) is 0 Å². The van der Waals surface area contributed by atoms with Crippen LogP contribution in [0.15, 0.2) is 54.2 Å². The number of methoxy groups -OCH3 is 2. The van der Waals surface area contributed by atoms with Crippen LogP contribution in [0.4, 0.5) is 11.4 Å². The Morgan fingerprint density at radius 3 is 2.50 bits per heavy atom. The summed E-state index contributed by atoms with van der Waals surface area (Å²) in [5, 5.41) is 14.6. The van der Waals surface area contributed by atoms with E-state index in [1.165, 1.54) is 14.2 Å². The van der Waals surface area contributed by atoms with Gasteiger partial charge in [0, 0.05) is 17.8 Å². The Morgan fingerprint density at radius 1 is 1.07 bits per heavy atom. The second kappa shape index (κ2) is 9.10. The molecule has 156 valence electrons. The van der Waals surface area contributed by atoms with E-state index in [9.17, 15) is 14.4 Å². The number of rotatable bonds is 8. The summed E-state index contributed by atoms with van der Waals surface area (Å²) in [6, 6.07) is 11.6. The largest absolute Gasteiger partial charge is 0.493 e. The van der Waals surface area contributed by atoms with Crippen molar-refractivity contribution in [3.05, 3.63) is 59.8 Å². The monoisotopic (exact) mass is 411 g/mol. The molecule has 2 aromatic carbocycles. The highest BCUT2D eigenvalue weighted by Gasteiger charge is 2.31. The molecule has 0 aliphatic carbocycles. The lowest BCUT2D eigenvalue weighted by Gasteiger charge is -2.15. The SMILES string of the molecule is COc1ccc(NC(=O)c2ccccc2NC2=CC(=O)N(CCO)C2=O)cc1OC. The minimum Gasteiger partial charge on any atom is -0.493 e. The van der Waals surface area contributed by atoms with Gasteiger partial charge in [-0.15, -0.1) is 0 Å². The van der Waals surface area contributed by atoms with Crippen LogP contribution in [0.3, 0.4) is 0 Å². The van der Waals surface area contributed by atoms with E-state index in [2.05, 4.69) is 10.6 Å². The summed E-state index contributed by atoms with van der Waals surface area (Å²) in [5.41, 5.74) is 1.15. The van der Waals surface area contributed by atoms with Crippen molar-refractivity contribution < 1.29 is 29.0 Å². The molecule has 3 amide bonds. The molecule has 0 aromatic heterocycles. The van der Waals surface area contributed by atoms with E-state index in [1.54, 1.807) is 42.5 Å². The van der Waals surface area contributed by atoms with Crippen LogP contribution in [0, 0.1) is 0 Å². The van der Waals surface area contributed by atoms with E-state index >= 15 is 0 Å². The fraction of sp³-hybridized carbons (Fsp3) is 0.190. The molecule has 9 heteroatoms. The Balaban J connectivity index is 1.80. The average Bonchev–Trinajstić information content (AvgIpc) is 3.01. The fourth-order valence-electron chi connectivity index (χ4n) is 2.96. The van der Waals surface area contributed by atoms with Crippen molar-refractivity contribution in [3.8, 4) is 11.5 Å². The van der Waals surface area contributed by atoms with Crippen molar-refractivity contribution in [2.24, 2.45) is 0 Å². The number of nitrogens with zero attached hydrogens (tertiary/aromatic N) is 1. The van der Waals surface area contributed by atoms with E-state index in [0.29, 0.717) is 22.9 Å². The number of nitrogens with one attached hydrogen (secondary N) is 2. The van der Waals surface area contributed by atoms with E-state index < -0.39 is 17.7 Å². The number of aliphatic hydroxyl groups is 1. The molecule has 30 heavy (non-hydrogen) atoms. The van der Waals surface area contributed by atoms with Gasteiger partial charge >= 0.3 is 0 Å². The van der Waals surface area contributed by atoms with Gasteiger partial charge in [0.1, 0.15) is 5.70 Å². The summed E-state index contributed by atoms with van der Waals surface area (Å²) >= 11 is 0. The van der Waals surface area contributed by atoms with Crippen molar-refractivity contribution in [1.82, 2.24) is 4.90 Å². The summed E-state index contributed by atoms with van der Waals surface area (Å²) in [5.74, 6) is -0.518. The van der Waals surface area contributed by atoms with Gasteiger partial charge in [-0.2, -0.15) is 0 Å². The quantitative estimate of drug-likeness (QED) is 0.565. The second-order valence-corrected chi connectivity index (χ2v) is 6.27. The molecule has 0 unspecified atom stereocenters. The van der Waals surface area contributed by atoms with E-state index in [0.717, 1.165) is 11.0 Å². The summed E-state index contributed by atoms with van der Waals surface area (Å²) in [6.45, 7) is -0.427. The number of ether oxygens (including phenoxy) is 2. The highest BCUT2D eigenvalue weighted by Crippen LogP contribution is 2.30. The van der Waals surface area contributed by atoms with Gasteiger partial charge in [-0.1, -0.05) is 12.1 Å². The van der Waals surface area contributed by atoms with Crippen LogP contribution < -0.4 is 20.1 Å². The zero-order valence-electron chi connectivity index (χ0n) is 16.5. The van der Waals surface area contributed by atoms with Gasteiger partial charge < -0.3 is 25.2 Å². The van der Waals surface area contributed by atoms with Gasteiger partial charge in [0.25, 0.3) is 17.7 Å². The maximum absolute atomic E-state index is 12.8. The van der Waals surface area contributed by atoms with Crippen LogP contribution in [-0.2, 0) is 9.59 Å². The maximum Gasteiger partial charge on any atom is 0.277 e. The first kappa shape index (κ1) is 20.9. The standard InChI is InChI=1S/C21H21N3O6/c1-29-17-8-7-13(11-18(17)30-2)22-20(27)14-5-3-4-6-15(14)23-16-12-19(26)24(9-10-25)21(16)28/h3-8,11-12,23,25H,9-10H2,1-2H3,(H,22,27). The molecule has 2 aromatic rings.